The monoisotopic (exact) mass is 350 g/mol. The number of aliphatic carboxylic acids is 2. The largest absolute Gasteiger partial charge is 2.00 e. The molecule has 0 atom stereocenters. The summed E-state index contributed by atoms with van der Waals surface area (Å²) in [6.45, 7) is 3.72. The van der Waals surface area contributed by atoms with Crippen molar-refractivity contribution < 1.29 is 58.3 Å². The van der Waals surface area contributed by atoms with Crippen LogP contribution in [0.4, 0.5) is 0 Å². The minimum atomic E-state index is -1.41. The van der Waals surface area contributed by atoms with E-state index in [9.17, 15) is 29.4 Å². The van der Waals surface area contributed by atoms with Crippen LogP contribution >= 0.6 is 0 Å². The molecule has 0 N–H and O–H groups in total. The van der Waals surface area contributed by atoms with Gasteiger partial charge in [-0.2, -0.15) is 0 Å². The van der Waals surface area contributed by atoms with E-state index < -0.39 is 23.9 Å². The fourth-order valence-electron chi connectivity index (χ4n) is 0.653. The molecule has 0 saturated carbocycles. The number of hydrogen-bond acceptors (Lipinski definition) is 8. The molecule has 0 aromatic rings. The second-order valence-electron chi connectivity index (χ2n) is 2.81. The van der Waals surface area contributed by atoms with Crippen molar-refractivity contribution in [2.45, 2.75) is 13.8 Å². The molecule has 0 aromatic heterocycles. The Kier molecular flexibility index (Phi) is 18.4. The van der Waals surface area contributed by atoms with Crippen LogP contribution < -0.4 is 10.2 Å². The summed E-state index contributed by atoms with van der Waals surface area (Å²) in [5.41, 5.74) is 0. The van der Waals surface area contributed by atoms with Gasteiger partial charge in [0, 0.05) is 12.2 Å². The van der Waals surface area contributed by atoms with Gasteiger partial charge in [0.2, 0.25) is 0 Å². The van der Waals surface area contributed by atoms with Gasteiger partial charge in [-0.3, -0.25) is 0 Å². The first-order valence-corrected chi connectivity index (χ1v) is 5.45. The third-order valence-corrected chi connectivity index (χ3v) is 1.28. The summed E-state index contributed by atoms with van der Waals surface area (Å²) in [6, 6.07) is 0. The minimum Gasteiger partial charge on any atom is -0.545 e. The predicted octanol–water partition coefficient (Wildman–Crippen LogP) is -2.29. The van der Waals surface area contributed by atoms with Crippen LogP contribution in [0.25, 0.3) is 0 Å². The van der Waals surface area contributed by atoms with E-state index in [0.29, 0.717) is 12.2 Å². The van der Waals surface area contributed by atoms with E-state index >= 15 is 0 Å². The number of carbonyl (C=O) groups excluding carboxylic acids is 4. The van der Waals surface area contributed by atoms with Crippen molar-refractivity contribution in [3.05, 3.63) is 24.3 Å². The zero-order valence-electron chi connectivity index (χ0n) is 11.7. The Morgan fingerprint density at radius 3 is 1.24 bits per heavy atom. The molecule has 0 rings (SSSR count). The zero-order valence-corrected chi connectivity index (χ0v) is 14.7. The summed E-state index contributed by atoms with van der Waals surface area (Å²) in [5.74, 6) is -4.17. The standard InChI is InChI=1S/2C6H8O4.Zn/c2*1-2-10-6(9)4-3-5(7)8;/h2*3-4H,2H2,1H3,(H,7,8);/q;;+2/p-2. The van der Waals surface area contributed by atoms with Gasteiger partial charge in [-0.05, 0) is 26.0 Å². The Bertz CT molecular complexity index is 362. The SMILES string of the molecule is CCOC(=O)C=CC(=O)[O-].CCOC(=O)C=CC(=O)[O-].[Zn+2]. The first kappa shape index (κ1) is 24.0. The second-order valence-corrected chi connectivity index (χ2v) is 2.81. The Hall–Kier alpha value is -2.02. The molecule has 0 aromatic carbocycles. The van der Waals surface area contributed by atoms with Crippen LogP contribution in [0.1, 0.15) is 13.8 Å². The maximum atomic E-state index is 10.3. The van der Waals surface area contributed by atoms with Gasteiger partial charge in [0.25, 0.3) is 0 Å². The molecule has 0 radical (unpaired) electrons. The average molecular weight is 352 g/mol. The Morgan fingerprint density at radius 1 is 0.762 bits per heavy atom. The number of esters is 2. The van der Waals surface area contributed by atoms with Crippen molar-refractivity contribution in [3.8, 4) is 0 Å². The average Bonchev–Trinajstić information content (AvgIpc) is 2.35. The molecule has 112 valence electrons. The van der Waals surface area contributed by atoms with Crippen LogP contribution in [-0.2, 0) is 48.1 Å². The van der Waals surface area contributed by atoms with Crippen LogP contribution in [0.2, 0.25) is 0 Å². The van der Waals surface area contributed by atoms with Crippen molar-refractivity contribution in [1.82, 2.24) is 0 Å². The molecule has 0 amide bonds. The van der Waals surface area contributed by atoms with Gasteiger partial charge in [0.05, 0.1) is 25.2 Å². The van der Waals surface area contributed by atoms with Gasteiger partial charge >= 0.3 is 31.4 Å². The van der Waals surface area contributed by atoms with E-state index in [4.69, 9.17) is 0 Å². The molecule has 8 nitrogen and oxygen atoms in total. The Morgan fingerprint density at radius 2 is 1.05 bits per heavy atom. The Balaban J connectivity index is -0.000000295. The van der Waals surface area contributed by atoms with Crippen molar-refractivity contribution in [1.29, 1.82) is 0 Å². The van der Waals surface area contributed by atoms with E-state index in [2.05, 4.69) is 9.47 Å². The molecule has 0 aliphatic rings. The van der Waals surface area contributed by atoms with Crippen LogP contribution in [-0.4, -0.2) is 37.1 Å². The van der Waals surface area contributed by atoms with Gasteiger partial charge < -0.3 is 29.3 Å². The fraction of sp³-hybridized carbons (Fsp3) is 0.333. The predicted molar refractivity (Wildman–Crippen MR) is 61.6 cm³/mol. The number of rotatable bonds is 6. The van der Waals surface area contributed by atoms with Crippen LogP contribution in [0.15, 0.2) is 24.3 Å². The summed E-state index contributed by atoms with van der Waals surface area (Å²) in [5, 5.41) is 19.4. The molecule has 0 heterocycles. The van der Waals surface area contributed by atoms with E-state index in [-0.39, 0.29) is 32.7 Å². The fourth-order valence-corrected chi connectivity index (χ4v) is 0.653. The summed E-state index contributed by atoms with van der Waals surface area (Å²) >= 11 is 0. The molecule has 9 heteroatoms. The zero-order chi connectivity index (χ0) is 16.0. The summed E-state index contributed by atoms with van der Waals surface area (Å²) in [4.78, 5) is 40.1. The first-order valence-electron chi connectivity index (χ1n) is 5.45. The number of ether oxygens (including phenoxy) is 2. The smallest absolute Gasteiger partial charge is 0.545 e. The van der Waals surface area contributed by atoms with Crippen molar-refractivity contribution in [2.75, 3.05) is 13.2 Å². The first-order chi connectivity index (χ1) is 9.33. The normalized spacial score (nSPS) is 9.24. The maximum absolute atomic E-state index is 10.3. The molecule has 0 unspecified atom stereocenters. The van der Waals surface area contributed by atoms with Gasteiger partial charge in [-0.15, -0.1) is 0 Å². The van der Waals surface area contributed by atoms with Crippen molar-refractivity contribution >= 4 is 23.9 Å². The van der Waals surface area contributed by atoms with Gasteiger partial charge in [-0.25, -0.2) is 9.59 Å². The molecular formula is C12H14O8Zn. The van der Waals surface area contributed by atoms with Crippen molar-refractivity contribution in [2.24, 2.45) is 0 Å². The number of carboxylic acids is 2. The molecule has 0 spiro atoms. The van der Waals surface area contributed by atoms with Crippen LogP contribution in [0.5, 0.6) is 0 Å². The molecule has 21 heavy (non-hydrogen) atoms. The molecule has 0 bridgehead atoms. The van der Waals surface area contributed by atoms with E-state index in [1.54, 1.807) is 13.8 Å². The van der Waals surface area contributed by atoms with Crippen LogP contribution in [0, 0.1) is 0 Å². The summed E-state index contributed by atoms with van der Waals surface area (Å²) in [7, 11) is 0. The number of hydrogen-bond donors (Lipinski definition) is 0. The van der Waals surface area contributed by atoms with Gasteiger partial charge in [0.15, 0.2) is 0 Å². The van der Waals surface area contributed by atoms with E-state index in [1.807, 2.05) is 0 Å². The third kappa shape index (κ3) is 23.5. The second kappa shape index (κ2) is 16.0. The quantitative estimate of drug-likeness (QED) is 0.296. The summed E-state index contributed by atoms with van der Waals surface area (Å²) in [6.07, 6.45) is 2.85. The number of carboxylic acid groups (broad SMARTS) is 2. The maximum Gasteiger partial charge on any atom is 2.00 e. The third-order valence-electron chi connectivity index (χ3n) is 1.28. The minimum absolute atomic E-state index is 0. The van der Waals surface area contributed by atoms with Gasteiger partial charge in [0.1, 0.15) is 0 Å². The van der Waals surface area contributed by atoms with Gasteiger partial charge in [-0.1, -0.05) is 0 Å². The topological polar surface area (TPSA) is 133 Å². The van der Waals surface area contributed by atoms with Crippen molar-refractivity contribution in [3.63, 3.8) is 0 Å². The number of carbonyl (C=O) groups is 4. The molecule has 0 aliphatic carbocycles. The van der Waals surface area contributed by atoms with E-state index in [0.717, 1.165) is 12.2 Å². The molecule has 0 fully saturated rings. The summed E-state index contributed by atoms with van der Waals surface area (Å²) < 4.78 is 8.75. The Labute approximate surface area is 134 Å². The molecular weight excluding hydrogens is 338 g/mol. The van der Waals surface area contributed by atoms with E-state index in [1.165, 1.54) is 0 Å². The molecule has 0 aliphatic heterocycles. The molecule has 0 saturated heterocycles. The van der Waals surface area contributed by atoms with Crippen LogP contribution in [0.3, 0.4) is 0 Å².